The summed E-state index contributed by atoms with van der Waals surface area (Å²) in [5.41, 5.74) is 2.24. The fourth-order valence-corrected chi connectivity index (χ4v) is 4.42. The van der Waals surface area contributed by atoms with Gasteiger partial charge in [-0.2, -0.15) is 0 Å². The average molecular weight is 451 g/mol. The Morgan fingerprint density at radius 1 is 1.09 bits per heavy atom. The van der Waals surface area contributed by atoms with Crippen molar-refractivity contribution in [3.63, 3.8) is 0 Å². The fourth-order valence-electron chi connectivity index (χ4n) is 4.42. The topological polar surface area (TPSA) is 50.8 Å². The Balaban J connectivity index is 1.40. The Hall–Kier alpha value is -3.12. The van der Waals surface area contributed by atoms with Gasteiger partial charge in [0.05, 0.1) is 30.9 Å². The summed E-state index contributed by atoms with van der Waals surface area (Å²) in [4.78, 5) is 14.8. The van der Waals surface area contributed by atoms with Crippen LogP contribution in [0.15, 0.2) is 54.6 Å². The number of hydrogen-bond donors (Lipinski definition) is 1. The van der Waals surface area contributed by atoms with E-state index in [1.807, 2.05) is 68.1 Å². The number of nitrogens with zero attached hydrogens (tertiary/aromatic N) is 1. The minimum absolute atomic E-state index is 0.0609. The number of methoxy groups -OCH3 is 1. The van der Waals surface area contributed by atoms with Crippen LogP contribution >= 0.6 is 0 Å². The average Bonchev–Trinajstić information content (AvgIpc) is 2.80. The van der Waals surface area contributed by atoms with Gasteiger partial charge < -0.3 is 19.7 Å². The van der Waals surface area contributed by atoms with E-state index in [0.29, 0.717) is 18.8 Å². The third-order valence-electron chi connectivity index (χ3n) is 6.20. The molecule has 0 bridgehead atoms. The summed E-state index contributed by atoms with van der Waals surface area (Å²) in [5, 5.41) is 5.06. The van der Waals surface area contributed by atoms with Gasteiger partial charge in [-0.1, -0.05) is 30.3 Å². The van der Waals surface area contributed by atoms with E-state index in [1.165, 1.54) is 6.07 Å². The minimum Gasteiger partial charge on any atom is -0.497 e. The highest BCUT2D eigenvalue weighted by Gasteiger charge is 2.24. The molecule has 0 saturated carbocycles. The van der Waals surface area contributed by atoms with Crippen molar-refractivity contribution < 1.29 is 18.7 Å². The molecule has 0 aromatic heterocycles. The molecule has 1 aliphatic heterocycles. The van der Waals surface area contributed by atoms with E-state index in [2.05, 4.69) is 5.32 Å². The Kier molecular flexibility index (Phi) is 6.84. The van der Waals surface area contributed by atoms with Crippen molar-refractivity contribution in [3.05, 3.63) is 71.5 Å². The number of rotatable bonds is 6. The van der Waals surface area contributed by atoms with Crippen molar-refractivity contribution >= 4 is 22.4 Å². The highest BCUT2D eigenvalue weighted by atomic mass is 19.1. The summed E-state index contributed by atoms with van der Waals surface area (Å²) in [6.07, 6.45) is 0.122. The molecular weight excluding hydrogens is 419 g/mol. The monoisotopic (exact) mass is 450 g/mol. The zero-order valence-corrected chi connectivity index (χ0v) is 19.6. The number of amides is 1. The minimum atomic E-state index is -0.322. The van der Waals surface area contributed by atoms with Crippen LogP contribution in [0, 0.1) is 5.82 Å². The molecule has 1 fully saturated rings. The zero-order chi connectivity index (χ0) is 23.5. The molecule has 5 nitrogen and oxygen atoms in total. The number of anilines is 1. The molecule has 174 valence electrons. The summed E-state index contributed by atoms with van der Waals surface area (Å²) < 4.78 is 25.8. The Morgan fingerprint density at radius 3 is 2.48 bits per heavy atom. The van der Waals surface area contributed by atoms with Gasteiger partial charge in [-0.3, -0.25) is 4.79 Å². The van der Waals surface area contributed by atoms with Crippen molar-refractivity contribution in [2.24, 2.45) is 0 Å². The highest BCUT2D eigenvalue weighted by Crippen LogP contribution is 2.26. The molecule has 6 heteroatoms. The lowest BCUT2D eigenvalue weighted by Gasteiger charge is -2.37. The number of ether oxygens (including phenoxy) is 2. The molecule has 2 unspecified atom stereocenters. The van der Waals surface area contributed by atoms with Gasteiger partial charge in [0.15, 0.2) is 0 Å². The molecule has 3 aromatic carbocycles. The van der Waals surface area contributed by atoms with E-state index >= 15 is 0 Å². The quantitative estimate of drug-likeness (QED) is 0.573. The van der Waals surface area contributed by atoms with Crippen molar-refractivity contribution in [2.45, 2.75) is 45.4 Å². The molecule has 3 aromatic rings. The molecule has 33 heavy (non-hydrogen) atoms. The molecule has 4 rings (SSSR count). The Labute approximate surface area is 194 Å². The maximum atomic E-state index is 14.8. The van der Waals surface area contributed by atoms with Crippen molar-refractivity contribution in [2.75, 3.05) is 25.1 Å². The number of benzene rings is 3. The number of nitrogens with one attached hydrogen (secondary N) is 1. The standard InChI is InChI=1S/C27H31FN2O3/c1-17-15-30(16-18(2)33-17)26-10-5-20(11-25(26)28)14-29-27(31)19(3)21-6-7-23-13-24(32-4)9-8-22(23)12-21/h5-13,17-19H,14-16H2,1-4H3,(H,29,31)/t17?,18?,19-/m0/s1. The molecule has 3 atom stereocenters. The molecule has 0 radical (unpaired) electrons. The molecule has 0 aliphatic carbocycles. The van der Waals surface area contributed by atoms with Gasteiger partial charge in [-0.25, -0.2) is 4.39 Å². The number of halogens is 1. The SMILES string of the molecule is COc1ccc2cc([C@H](C)C(=O)NCc3ccc(N4CC(C)OC(C)C4)c(F)c3)ccc2c1. The van der Waals surface area contributed by atoms with Gasteiger partial charge in [0.2, 0.25) is 5.91 Å². The van der Waals surface area contributed by atoms with Crippen LogP contribution in [-0.4, -0.2) is 38.3 Å². The van der Waals surface area contributed by atoms with Gasteiger partial charge in [0.25, 0.3) is 0 Å². The van der Waals surface area contributed by atoms with Crippen LogP contribution in [0.3, 0.4) is 0 Å². The largest absolute Gasteiger partial charge is 0.497 e. The van der Waals surface area contributed by atoms with Crippen LogP contribution in [-0.2, 0) is 16.1 Å². The number of hydrogen-bond acceptors (Lipinski definition) is 4. The fraction of sp³-hybridized carbons (Fsp3) is 0.370. The first-order chi connectivity index (χ1) is 15.8. The van der Waals surface area contributed by atoms with Gasteiger partial charge >= 0.3 is 0 Å². The van der Waals surface area contributed by atoms with Crippen LogP contribution in [0.25, 0.3) is 10.8 Å². The van der Waals surface area contributed by atoms with Crippen LogP contribution < -0.4 is 15.0 Å². The summed E-state index contributed by atoms with van der Waals surface area (Å²) >= 11 is 0. The Bertz CT molecular complexity index is 1140. The summed E-state index contributed by atoms with van der Waals surface area (Å²) in [5.74, 6) is 0.109. The second-order valence-electron chi connectivity index (χ2n) is 8.86. The smallest absolute Gasteiger partial charge is 0.227 e. The second-order valence-corrected chi connectivity index (χ2v) is 8.86. The molecule has 1 amide bonds. The summed E-state index contributed by atoms with van der Waals surface area (Å²) in [7, 11) is 1.64. The summed E-state index contributed by atoms with van der Waals surface area (Å²) in [6, 6.07) is 17.0. The zero-order valence-electron chi connectivity index (χ0n) is 19.6. The molecule has 1 N–H and O–H groups in total. The maximum Gasteiger partial charge on any atom is 0.227 e. The number of morpholine rings is 1. The first-order valence-corrected chi connectivity index (χ1v) is 11.4. The second kappa shape index (κ2) is 9.79. The van der Waals surface area contributed by atoms with Crippen molar-refractivity contribution in [1.82, 2.24) is 5.32 Å². The van der Waals surface area contributed by atoms with Crippen LogP contribution in [0.1, 0.15) is 37.8 Å². The van der Waals surface area contributed by atoms with Crippen LogP contribution in [0.4, 0.5) is 10.1 Å². The lowest BCUT2D eigenvalue weighted by Crippen LogP contribution is -2.45. The van der Waals surface area contributed by atoms with E-state index in [0.717, 1.165) is 27.6 Å². The third-order valence-corrected chi connectivity index (χ3v) is 6.20. The molecular formula is C27H31FN2O3. The lowest BCUT2D eigenvalue weighted by atomic mass is 9.97. The van der Waals surface area contributed by atoms with Gasteiger partial charge in [0.1, 0.15) is 11.6 Å². The molecule has 1 saturated heterocycles. The third kappa shape index (κ3) is 5.28. The van der Waals surface area contributed by atoms with Crippen LogP contribution in [0.5, 0.6) is 5.75 Å². The normalized spacial score (nSPS) is 19.4. The number of carbonyl (C=O) groups excluding carboxylic acids is 1. The van der Waals surface area contributed by atoms with Crippen molar-refractivity contribution in [3.8, 4) is 5.75 Å². The predicted molar refractivity (Wildman–Crippen MR) is 129 cm³/mol. The van der Waals surface area contributed by atoms with Gasteiger partial charge in [0, 0.05) is 19.6 Å². The molecule has 1 heterocycles. The number of carbonyl (C=O) groups is 1. The van der Waals surface area contributed by atoms with E-state index in [1.54, 1.807) is 13.2 Å². The van der Waals surface area contributed by atoms with E-state index < -0.39 is 0 Å². The highest BCUT2D eigenvalue weighted by molar-refractivity contribution is 5.88. The van der Waals surface area contributed by atoms with Crippen LogP contribution in [0.2, 0.25) is 0 Å². The maximum absolute atomic E-state index is 14.8. The first kappa shape index (κ1) is 23.1. The Morgan fingerprint density at radius 2 is 1.79 bits per heavy atom. The predicted octanol–water partition coefficient (Wildman–Crippen LogP) is 5.02. The number of fused-ring (bicyclic) bond motifs is 1. The molecule has 1 aliphatic rings. The summed E-state index contributed by atoms with van der Waals surface area (Å²) in [6.45, 7) is 7.47. The first-order valence-electron chi connectivity index (χ1n) is 11.4. The van der Waals surface area contributed by atoms with E-state index in [-0.39, 0.29) is 36.4 Å². The molecule has 0 spiro atoms. The van der Waals surface area contributed by atoms with E-state index in [9.17, 15) is 9.18 Å². The van der Waals surface area contributed by atoms with Gasteiger partial charge in [-0.15, -0.1) is 0 Å². The van der Waals surface area contributed by atoms with Crippen molar-refractivity contribution in [1.29, 1.82) is 0 Å². The van der Waals surface area contributed by atoms with E-state index in [4.69, 9.17) is 9.47 Å². The lowest BCUT2D eigenvalue weighted by molar-refractivity contribution is -0.122. The van der Waals surface area contributed by atoms with Gasteiger partial charge in [-0.05, 0) is 66.9 Å².